The van der Waals surface area contributed by atoms with Crippen molar-refractivity contribution in [1.82, 2.24) is 0 Å². The quantitative estimate of drug-likeness (QED) is 0.337. The summed E-state index contributed by atoms with van der Waals surface area (Å²) in [6, 6.07) is 0. The van der Waals surface area contributed by atoms with Crippen LogP contribution in [0.25, 0.3) is 0 Å². The number of aliphatic hydroxyl groups is 1. The van der Waals surface area contributed by atoms with Crippen molar-refractivity contribution in [3.05, 3.63) is 0 Å². The van der Waals surface area contributed by atoms with Gasteiger partial charge < -0.3 is 11.0 Å². The molecule has 0 heterocycles. The average molecular weight is 162 g/mol. The predicted molar refractivity (Wildman–Crippen MR) is 41.5 cm³/mol. The van der Waals surface area contributed by atoms with Gasteiger partial charge in [-0.15, -0.1) is 0 Å². The second kappa shape index (κ2) is 7.38. The molecule has 0 bridgehead atoms. The first-order valence-electron chi connectivity index (χ1n) is 2.47. The Morgan fingerprint density at radius 1 is 1.33 bits per heavy atom. The van der Waals surface area contributed by atoms with Gasteiger partial charge in [-0.3, -0.25) is 0 Å². The van der Waals surface area contributed by atoms with Gasteiger partial charge in [-0.2, -0.15) is 13.5 Å². The molecule has 0 unspecified atom stereocenters. The fourth-order valence-electron chi connectivity index (χ4n) is 0.300. The van der Waals surface area contributed by atoms with E-state index in [4.69, 9.17) is 5.11 Å². The number of quaternary nitrogens is 1. The summed E-state index contributed by atoms with van der Waals surface area (Å²) in [4.78, 5) is 0. The zero-order valence-electron chi connectivity index (χ0n) is 7.81. The number of likely N-dealkylation sites (N-methyl/N-ethyl adjacent to an activating group) is 1. The summed E-state index contributed by atoms with van der Waals surface area (Å²) >= 11 is 0. The van der Waals surface area contributed by atoms with Crippen molar-refractivity contribution in [3.8, 4) is 0 Å². The Hall–Kier alpha value is 1.27. The normalized spacial score (nSPS) is 9.33. The molecule has 0 radical (unpaired) electrons. The molecule has 0 saturated heterocycles. The van der Waals surface area contributed by atoms with E-state index in [0.29, 0.717) is 0 Å². The number of rotatable bonds is 2. The van der Waals surface area contributed by atoms with Crippen LogP contribution in [-0.2, 0) is 0 Å². The summed E-state index contributed by atoms with van der Waals surface area (Å²) in [6.07, 6.45) is 0. The van der Waals surface area contributed by atoms with Crippen LogP contribution < -0.4 is 29.6 Å². The Kier molecular flexibility index (Phi) is 13.7. The Labute approximate surface area is 88.1 Å². The van der Waals surface area contributed by atoms with E-state index in [2.05, 4.69) is 21.1 Å². The first kappa shape index (κ1) is 16.7. The summed E-state index contributed by atoms with van der Waals surface area (Å²) in [7, 11) is 6.16. The summed E-state index contributed by atoms with van der Waals surface area (Å²) in [6.45, 7) is 1.11. The molecule has 0 rings (SSSR count). The van der Waals surface area contributed by atoms with Gasteiger partial charge in [-0.25, -0.2) is 0 Å². The number of hydrogen-bond acceptors (Lipinski definition) is 1. The molecule has 0 atom stereocenters. The van der Waals surface area contributed by atoms with Crippen molar-refractivity contribution in [2.45, 2.75) is 0 Å². The third-order valence-electron chi connectivity index (χ3n) is 0.771. The summed E-state index contributed by atoms with van der Waals surface area (Å²) in [5.74, 6) is 0. The summed E-state index contributed by atoms with van der Waals surface area (Å²) in [5.41, 5.74) is 0. The van der Waals surface area contributed by atoms with Crippen LogP contribution in [0.1, 0.15) is 1.43 Å². The third-order valence-corrected chi connectivity index (χ3v) is 0.771. The minimum Gasteiger partial charge on any atom is -1.00 e. The van der Waals surface area contributed by atoms with Crippen molar-refractivity contribution in [2.24, 2.45) is 0 Å². The summed E-state index contributed by atoms with van der Waals surface area (Å²) < 4.78 is 0.844. The third kappa shape index (κ3) is 17.6. The maximum atomic E-state index is 8.39. The monoisotopic (exact) mass is 162 g/mol. The fourth-order valence-corrected chi connectivity index (χ4v) is 0.300. The van der Waals surface area contributed by atoms with Gasteiger partial charge in [-0.1, -0.05) is 0 Å². The molecule has 0 aliphatic heterocycles. The minimum atomic E-state index is 0. The number of hydrogen-bond donors (Lipinski definition) is 1. The Morgan fingerprint density at radius 2 is 1.67 bits per heavy atom. The SMILES string of the molecule is C[N+](C)(C)CCO.S.[H-].[Na+]. The summed E-state index contributed by atoms with van der Waals surface area (Å²) in [5, 5.41) is 8.39. The van der Waals surface area contributed by atoms with Gasteiger partial charge >= 0.3 is 29.6 Å². The zero-order chi connectivity index (χ0) is 5.91. The molecule has 0 fully saturated rings. The van der Waals surface area contributed by atoms with Crippen LogP contribution >= 0.6 is 13.5 Å². The molecule has 0 amide bonds. The van der Waals surface area contributed by atoms with Gasteiger partial charge in [0.05, 0.1) is 27.7 Å². The average Bonchev–Trinajstić information content (AvgIpc) is 1.30. The fraction of sp³-hybridized carbons (Fsp3) is 1.00. The Bertz CT molecular complexity index is 60.1. The van der Waals surface area contributed by atoms with Crippen LogP contribution in [0, 0.1) is 0 Å². The zero-order valence-corrected chi connectivity index (χ0v) is 9.81. The van der Waals surface area contributed by atoms with E-state index in [9.17, 15) is 0 Å². The first-order chi connectivity index (χ1) is 3.06. The molecule has 0 aromatic rings. The molecule has 4 heteroatoms. The molecular weight excluding hydrogens is 145 g/mol. The molecule has 9 heavy (non-hydrogen) atoms. The van der Waals surface area contributed by atoms with Crippen molar-refractivity contribution in [1.29, 1.82) is 0 Å². The standard InChI is InChI=1S/C5H14NO.Na.H2S.H/c1-6(2,3)4-5-7;;;/h7H,4-5H2,1-3H3;;1H2;/q2*+1;;-1. The second-order valence-electron chi connectivity index (χ2n) is 2.74. The van der Waals surface area contributed by atoms with Crippen molar-refractivity contribution >= 4 is 13.5 Å². The van der Waals surface area contributed by atoms with Gasteiger partial charge in [0.15, 0.2) is 0 Å². The molecule has 2 nitrogen and oxygen atoms in total. The van der Waals surface area contributed by atoms with Crippen LogP contribution in [0.4, 0.5) is 0 Å². The van der Waals surface area contributed by atoms with Crippen LogP contribution in [-0.4, -0.2) is 43.9 Å². The molecule has 0 aromatic carbocycles. The molecule has 0 spiro atoms. The molecule has 1 N–H and O–H groups in total. The van der Waals surface area contributed by atoms with Gasteiger partial charge in [0.25, 0.3) is 0 Å². The van der Waals surface area contributed by atoms with Crippen molar-refractivity contribution in [3.63, 3.8) is 0 Å². The van der Waals surface area contributed by atoms with Crippen molar-refractivity contribution in [2.75, 3.05) is 34.3 Å². The van der Waals surface area contributed by atoms with Gasteiger partial charge in [0, 0.05) is 0 Å². The second-order valence-corrected chi connectivity index (χ2v) is 2.74. The maximum Gasteiger partial charge on any atom is 1.00 e. The van der Waals surface area contributed by atoms with E-state index in [-0.39, 0.29) is 51.1 Å². The molecular formula is C5H17NNaOS+. The number of nitrogens with zero attached hydrogens (tertiary/aromatic N) is 1. The topological polar surface area (TPSA) is 20.2 Å². The Morgan fingerprint density at radius 3 is 1.67 bits per heavy atom. The Balaban J connectivity index is -0.0000000600. The van der Waals surface area contributed by atoms with Gasteiger partial charge in [0.2, 0.25) is 0 Å². The van der Waals surface area contributed by atoms with E-state index >= 15 is 0 Å². The molecule has 0 aromatic heterocycles. The number of aliphatic hydroxyl groups excluding tert-OH is 1. The van der Waals surface area contributed by atoms with Gasteiger partial charge in [0.1, 0.15) is 6.54 Å². The van der Waals surface area contributed by atoms with E-state index in [1.54, 1.807) is 0 Å². The molecule has 54 valence electrons. The molecule has 0 aliphatic carbocycles. The largest absolute Gasteiger partial charge is 1.00 e. The molecule has 0 saturated carbocycles. The van der Waals surface area contributed by atoms with Crippen LogP contribution in [0.2, 0.25) is 0 Å². The minimum absolute atomic E-state index is 0. The van der Waals surface area contributed by atoms with E-state index in [1.165, 1.54) is 0 Å². The van der Waals surface area contributed by atoms with Crippen molar-refractivity contribution < 1.29 is 40.6 Å². The first-order valence-corrected chi connectivity index (χ1v) is 2.47. The van der Waals surface area contributed by atoms with Crippen LogP contribution in [0.3, 0.4) is 0 Å². The maximum absolute atomic E-state index is 8.39. The van der Waals surface area contributed by atoms with Crippen LogP contribution in [0.5, 0.6) is 0 Å². The predicted octanol–water partition coefficient (Wildman–Crippen LogP) is -3.09. The van der Waals surface area contributed by atoms with E-state index in [1.807, 2.05) is 0 Å². The van der Waals surface area contributed by atoms with E-state index in [0.717, 1.165) is 11.0 Å². The molecule has 0 aliphatic rings. The van der Waals surface area contributed by atoms with Crippen LogP contribution in [0.15, 0.2) is 0 Å². The van der Waals surface area contributed by atoms with Gasteiger partial charge in [-0.05, 0) is 0 Å². The van der Waals surface area contributed by atoms with E-state index < -0.39 is 0 Å². The smallest absolute Gasteiger partial charge is 1.00 e.